The summed E-state index contributed by atoms with van der Waals surface area (Å²) in [5, 5.41) is 50.1. The molecule has 1 rings (SSSR count). The molecule has 0 bridgehead atoms. The van der Waals surface area contributed by atoms with Gasteiger partial charge in [0.15, 0.2) is 0 Å². The van der Waals surface area contributed by atoms with E-state index in [-0.39, 0.29) is 13.0 Å². The van der Waals surface area contributed by atoms with Crippen molar-refractivity contribution in [1.29, 1.82) is 0 Å². The van der Waals surface area contributed by atoms with Gasteiger partial charge in [0.25, 0.3) is 0 Å². The number of hydrogen-bond acceptors (Lipinski definition) is 11. The first-order valence-electron chi connectivity index (χ1n) is 22.5. The van der Waals surface area contributed by atoms with Crippen molar-refractivity contribution in [3.05, 3.63) is 12.2 Å². The summed E-state index contributed by atoms with van der Waals surface area (Å²) >= 11 is 0. The van der Waals surface area contributed by atoms with Gasteiger partial charge in [0.05, 0.1) is 13.2 Å². The number of rotatable bonds is 38. The van der Waals surface area contributed by atoms with Crippen molar-refractivity contribution in [3.8, 4) is 0 Å². The van der Waals surface area contributed by atoms with Crippen LogP contribution in [0.5, 0.6) is 0 Å². The molecule has 0 aromatic heterocycles. The molecule has 13 heteroatoms. The molecule has 1 aliphatic rings. The first-order valence-corrected chi connectivity index (χ1v) is 24.0. The first kappa shape index (κ1) is 53.1. The van der Waals surface area contributed by atoms with Crippen molar-refractivity contribution in [3.63, 3.8) is 0 Å². The van der Waals surface area contributed by atoms with Gasteiger partial charge in [0.1, 0.15) is 42.7 Å². The lowest BCUT2D eigenvalue weighted by Gasteiger charge is -2.41. The first-order chi connectivity index (χ1) is 27.0. The summed E-state index contributed by atoms with van der Waals surface area (Å²) in [5.41, 5.74) is 0. The van der Waals surface area contributed by atoms with E-state index in [1.807, 2.05) is 0 Å². The van der Waals surface area contributed by atoms with E-state index in [9.17, 15) is 39.8 Å². The number of hydrogen-bond donors (Lipinski definition) is 6. The van der Waals surface area contributed by atoms with Crippen LogP contribution in [0.2, 0.25) is 0 Å². The monoisotopic (exact) mass is 823 g/mol. The molecule has 0 spiro atoms. The van der Waals surface area contributed by atoms with E-state index in [1.54, 1.807) is 0 Å². The van der Waals surface area contributed by atoms with E-state index in [2.05, 4.69) is 26.0 Å². The molecule has 1 aliphatic carbocycles. The van der Waals surface area contributed by atoms with Gasteiger partial charge in [0.2, 0.25) is 0 Å². The van der Waals surface area contributed by atoms with Gasteiger partial charge >= 0.3 is 13.8 Å². The fourth-order valence-electron chi connectivity index (χ4n) is 7.00. The Bertz CT molecular complexity index is 984. The normalized spacial score (nSPS) is 23.1. The molecule has 6 atom stereocenters. The van der Waals surface area contributed by atoms with Crippen LogP contribution >= 0.6 is 7.82 Å². The Kier molecular flexibility index (Phi) is 33.1. The minimum Gasteiger partial charge on any atom is -0.457 e. The number of aliphatic hydroxyl groups excluding tert-OH is 5. The Morgan fingerprint density at radius 3 is 1.41 bits per heavy atom. The molecule has 1 saturated carbocycles. The number of unbranched alkanes of at least 4 members (excludes halogenated alkanes) is 24. The fraction of sp³-hybridized carbons (Fsp3) is 0.930. The number of allylic oxidation sites excluding steroid dienone is 2. The summed E-state index contributed by atoms with van der Waals surface area (Å²) in [4.78, 5) is 23.1. The molecule has 0 radical (unpaired) electrons. The smallest absolute Gasteiger partial charge is 0.457 e. The average Bonchev–Trinajstić information content (AvgIpc) is 3.18. The zero-order valence-electron chi connectivity index (χ0n) is 35.2. The van der Waals surface area contributed by atoms with Gasteiger partial charge in [-0.05, 0) is 38.5 Å². The summed E-state index contributed by atoms with van der Waals surface area (Å²) < 4.78 is 34.1. The van der Waals surface area contributed by atoms with Gasteiger partial charge in [0, 0.05) is 13.0 Å². The summed E-state index contributed by atoms with van der Waals surface area (Å²) in [6.45, 7) is 4.25. The number of carbonyl (C=O) groups excluding carboxylic acids is 1. The van der Waals surface area contributed by atoms with Crippen molar-refractivity contribution in [1.82, 2.24) is 0 Å². The van der Waals surface area contributed by atoms with Gasteiger partial charge in [-0.15, -0.1) is 0 Å². The van der Waals surface area contributed by atoms with Crippen LogP contribution in [0, 0.1) is 0 Å². The molecule has 6 N–H and O–H groups in total. The third kappa shape index (κ3) is 27.0. The van der Waals surface area contributed by atoms with Crippen LogP contribution in [0.4, 0.5) is 0 Å². The predicted molar refractivity (Wildman–Crippen MR) is 221 cm³/mol. The van der Waals surface area contributed by atoms with E-state index in [0.717, 1.165) is 44.9 Å². The lowest BCUT2D eigenvalue weighted by atomic mass is 9.85. The van der Waals surface area contributed by atoms with Gasteiger partial charge in [-0.25, -0.2) is 4.57 Å². The van der Waals surface area contributed by atoms with Gasteiger partial charge < -0.3 is 39.9 Å². The number of phosphoric ester groups is 1. The zero-order valence-corrected chi connectivity index (χ0v) is 36.1. The minimum atomic E-state index is -5.01. The summed E-state index contributed by atoms with van der Waals surface area (Å²) in [6, 6.07) is 0. The number of aliphatic hydroxyl groups is 5. The Balaban J connectivity index is 2.38. The van der Waals surface area contributed by atoms with Crippen LogP contribution in [-0.2, 0) is 27.9 Å². The summed E-state index contributed by atoms with van der Waals surface area (Å²) in [6.07, 6.45) is 24.3. The number of ether oxygens (including phenoxy) is 2. The van der Waals surface area contributed by atoms with Gasteiger partial charge in [-0.3, -0.25) is 13.8 Å². The van der Waals surface area contributed by atoms with Gasteiger partial charge in [-0.1, -0.05) is 161 Å². The lowest BCUT2D eigenvalue weighted by Crippen LogP contribution is -2.64. The highest BCUT2D eigenvalue weighted by Crippen LogP contribution is 2.47. The average molecular weight is 823 g/mol. The maximum absolute atomic E-state index is 12.8. The van der Waals surface area contributed by atoms with Gasteiger partial charge in [-0.2, -0.15) is 0 Å². The van der Waals surface area contributed by atoms with Crippen LogP contribution in [0.15, 0.2) is 12.2 Å². The summed E-state index contributed by atoms with van der Waals surface area (Å²) in [5.74, 6) is -0.479. The van der Waals surface area contributed by atoms with E-state index < -0.39 is 63.1 Å². The summed E-state index contributed by atoms with van der Waals surface area (Å²) in [7, 11) is -5.01. The Hall–Kier alpha value is -0.920. The molecule has 0 saturated heterocycles. The maximum Gasteiger partial charge on any atom is 0.472 e. The van der Waals surface area contributed by atoms with E-state index >= 15 is 0 Å². The number of phosphoric acid groups is 1. The van der Waals surface area contributed by atoms with Crippen molar-refractivity contribution in [2.45, 2.75) is 236 Å². The highest BCUT2D eigenvalue weighted by molar-refractivity contribution is 7.47. The number of esters is 1. The van der Waals surface area contributed by atoms with Crippen molar-refractivity contribution in [2.75, 3.05) is 19.8 Å². The van der Waals surface area contributed by atoms with E-state index in [4.69, 9.17) is 18.5 Å². The Morgan fingerprint density at radius 2 is 0.946 bits per heavy atom. The predicted octanol–water partition coefficient (Wildman–Crippen LogP) is 8.75. The molecule has 0 aromatic carbocycles. The molecule has 0 heterocycles. The van der Waals surface area contributed by atoms with Crippen molar-refractivity contribution >= 4 is 13.8 Å². The standard InChI is InChI=1S/C43H83O12P/c1-3-5-7-9-11-13-15-16-17-18-19-20-21-22-24-26-28-30-32-37(44)54-36(34-52-33-31-29-27-25-23-14-12-10-8-6-4-2)35-53-56(50,51)55-43-41(48)39(46)38(45)40(47)42(43)49/h17-18,36,38-43,45-49H,3-16,19-35H2,1-2H3,(H,50,51)/b18-17-. The third-order valence-corrected chi connectivity index (χ3v) is 11.6. The molecular formula is C43H83O12P. The van der Waals surface area contributed by atoms with Crippen LogP contribution in [0.3, 0.4) is 0 Å². The molecule has 1 fully saturated rings. The second-order valence-corrected chi connectivity index (χ2v) is 17.3. The molecule has 332 valence electrons. The van der Waals surface area contributed by atoms with Crippen LogP contribution in [0.1, 0.15) is 194 Å². The second-order valence-electron chi connectivity index (χ2n) is 15.9. The zero-order chi connectivity index (χ0) is 41.3. The third-order valence-electron chi connectivity index (χ3n) is 10.6. The molecule has 0 amide bonds. The molecule has 56 heavy (non-hydrogen) atoms. The molecule has 0 aromatic rings. The van der Waals surface area contributed by atoms with E-state index in [0.29, 0.717) is 13.0 Å². The molecular weight excluding hydrogens is 739 g/mol. The highest BCUT2D eigenvalue weighted by atomic mass is 31.2. The highest BCUT2D eigenvalue weighted by Gasteiger charge is 2.51. The Morgan fingerprint density at radius 1 is 0.554 bits per heavy atom. The molecule has 12 nitrogen and oxygen atoms in total. The van der Waals surface area contributed by atoms with Crippen molar-refractivity contribution < 1.29 is 58.3 Å². The van der Waals surface area contributed by atoms with Crippen LogP contribution < -0.4 is 0 Å². The topological polar surface area (TPSA) is 192 Å². The lowest BCUT2D eigenvalue weighted by molar-refractivity contribution is -0.220. The quantitative estimate of drug-likeness (QED) is 0.0150. The van der Waals surface area contributed by atoms with Crippen molar-refractivity contribution in [2.24, 2.45) is 0 Å². The largest absolute Gasteiger partial charge is 0.472 e. The molecule has 0 aliphatic heterocycles. The SMILES string of the molecule is CCCCCCCCC/C=C\CCCCCCCCCC(=O)OC(COCCCCCCCCCCCCC)COP(=O)(O)OC1C(O)C(O)C(O)C(O)C1O. The Labute approximate surface area is 339 Å². The van der Waals surface area contributed by atoms with Crippen LogP contribution in [0.25, 0.3) is 0 Å². The van der Waals surface area contributed by atoms with Crippen LogP contribution in [-0.4, -0.2) is 98.9 Å². The second kappa shape index (κ2) is 34.9. The molecule has 6 unspecified atom stereocenters. The minimum absolute atomic E-state index is 0.0733. The number of carbonyl (C=O) groups is 1. The van der Waals surface area contributed by atoms with E-state index in [1.165, 1.54) is 122 Å². The fourth-order valence-corrected chi connectivity index (χ4v) is 7.97. The maximum atomic E-state index is 12.8.